The van der Waals surface area contributed by atoms with Gasteiger partial charge in [-0.1, -0.05) is 0 Å². The second kappa shape index (κ2) is 5.38. The van der Waals surface area contributed by atoms with Crippen molar-refractivity contribution in [2.24, 2.45) is 0 Å². The number of halogens is 1. The summed E-state index contributed by atoms with van der Waals surface area (Å²) in [5.74, 6) is 0.633. The van der Waals surface area contributed by atoms with Crippen LogP contribution in [0.25, 0.3) is 0 Å². The van der Waals surface area contributed by atoms with Gasteiger partial charge in [0.1, 0.15) is 0 Å². The van der Waals surface area contributed by atoms with Gasteiger partial charge in [-0.15, -0.1) is 11.3 Å². The van der Waals surface area contributed by atoms with Crippen molar-refractivity contribution in [3.63, 3.8) is 0 Å². The maximum atomic E-state index is 11.5. The Bertz CT molecular complexity index is 483. The van der Waals surface area contributed by atoms with Gasteiger partial charge in [0.05, 0.1) is 15.3 Å². The summed E-state index contributed by atoms with van der Waals surface area (Å²) in [6.07, 6.45) is 1.73. The third-order valence-corrected chi connectivity index (χ3v) is 6.60. The molecule has 96 valence electrons. The van der Waals surface area contributed by atoms with Gasteiger partial charge in [-0.2, -0.15) is 0 Å². The van der Waals surface area contributed by atoms with Crippen LogP contribution >= 0.6 is 27.3 Å². The molecule has 17 heavy (non-hydrogen) atoms. The quantitative estimate of drug-likeness (QED) is 0.922. The number of hydrogen-bond donors (Lipinski definition) is 1. The van der Waals surface area contributed by atoms with Crippen molar-refractivity contribution < 1.29 is 8.42 Å². The molecule has 0 saturated carbocycles. The molecule has 2 heterocycles. The lowest BCUT2D eigenvalue weighted by molar-refractivity contribution is 0.440. The summed E-state index contributed by atoms with van der Waals surface area (Å²) in [5, 5.41) is 3.41. The molecule has 2 atom stereocenters. The van der Waals surface area contributed by atoms with Crippen molar-refractivity contribution in [3.05, 3.63) is 20.8 Å². The number of hydrogen-bond acceptors (Lipinski definition) is 4. The molecule has 1 aliphatic rings. The lowest BCUT2D eigenvalue weighted by Crippen LogP contribution is -2.41. The molecule has 3 nitrogen and oxygen atoms in total. The van der Waals surface area contributed by atoms with E-state index in [0.29, 0.717) is 5.75 Å². The molecule has 0 amide bonds. The Kier molecular flexibility index (Phi) is 4.28. The molecule has 1 aliphatic heterocycles. The van der Waals surface area contributed by atoms with Gasteiger partial charge in [0.15, 0.2) is 9.84 Å². The molecule has 0 bridgehead atoms. The van der Waals surface area contributed by atoms with Gasteiger partial charge in [0.2, 0.25) is 0 Å². The fourth-order valence-electron chi connectivity index (χ4n) is 2.15. The first kappa shape index (κ1) is 13.5. The molecule has 6 heteroatoms. The first-order valence-electron chi connectivity index (χ1n) is 5.68. The predicted molar refractivity (Wildman–Crippen MR) is 75.2 cm³/mol. The van der Waals surface area contributed by atoms with Gasteiger partial charge in [0, 0.05) is 17.0 Å². The van der Waals surface area contributed by atoms with Crippen LogP contribution in [0, 0.1) is 0 Å². The molecule has 1 fully saturated rings. The van der Waals surface area contributed by atoms with Crippen LogP contribution in [0.1, 0.15) is 30.7 Å². The van der Waals surface area contributed by atoms with Gasteiger partial charge >= 0.3 is 0 Å². The molecule has 2 unspecified atom stereocenters. The summed E-state index contributed by atoms with van der Waals surface area (Å²) >= 11 is 5.13. The second-order valence-electron chi connectivity index (χ2n) is 4.48. The average molecular weight is 338 g/mol. The zero-order valence-electron chi connectivity index (χ0n) is 9.65. The third-order valence-electron chi connectivity index (χ3n) is 2.97. The first-order valence-corrected chi connectivity index (χ1v) is 9.11. The van der Waals surface area contributed by atoms with Crippen LogP contribution in [0.5, 0.6) is 0 Å². The molecule has 0 aliphatic carbocycles. The van der Waals surface area contributed by atoms with E-state index >= 15 is 0 Å². The predicted octanol–water partition coefficient (Wildman–Crippen LogP) is 2.74. The highest BCUT2D eigenvalue weighted by molar-refractivity contribution is 9.11. The Balaban J connectivity index is 1.97. The highest BCUT2D eigenvalue weighted by Crippen LogP contribution is 2.28. The molecule has 1 saturated heterocycles. The smallest absolute Gasteiger partial charge is 0.151 e. The Morgan fingerprint density at radius 3 is 2.88 bits per heavy atom. The van der Waals surface area contributed by atoms with Gasteiger partial charge in [-0.05, 0) is 47.8 Å². The van der Waals surface area contributed by atoms with Gasteiger partial charge in [0.25, 0.3) is 0 Å². The van der Waals surface area contributed by atoms with Crippen molar-refractivity contribution in [1.82, 2.24) is 5.32 Å². The molecule has 1 N–H and O–H groups in total. The van der Waals surface area contributed by atoms with E-state index in [1.165, 1.54) is 4.88 Å². The molecule has 1 aromatic rings. The Labute approximate surface area is 115 Å². The maximum absolute atomic E-state index is 11.5. The van der Waals surface area contributed by atoms with Gasteiger partial charge in [-0.25, -0.2) is 8.42 Å². The van der Waals surface area contributed by atoms with Gasteiger partial charge in [-0.3, -0.25) is 0 Å². The normalized spacial score (nSPS) is 25.6. The minimum atomic E-state index is -2.82. The highest BCUT2D eigenvalue weighted by Gasteiger charge is 2.25. The van der Waals surface area contributed by atoms with Crippen LogP contribution < -0.4 is 5.32 Å². The number of thiophene rings is 1. The Morgan fingerprint density at radius 1 is 1.53 bits per heavy atom. The molecular weight excluding hydrogens is 322 g/mol. The van der Waals surface area contributed by atoms with E-state index in [9.17, 15) is 8.42 Å². The molecule has 1 aromatic heterocycles. The van der Waals surface area contributed by atoms with Crippen LogP contribution in [-0.2, 0) is 9.84 Å². The lowest BCUT2D eigenvalue weighted by Gasteiger charge is -2.26. The topological polar surface area (TPSA) is 46.2 Å². The van der Waals surface area contributed by atoms with Crippen LogP contribution in [-0.4, -0.2) is 26.0 Å². The zero-order chi connectivity index (χ0) is 12.5. The van der Waals surface area contributed by atoms with Gasteiger partial charge < -0.3 is 5.32 Å². The van der Waals surface area contributed by atoms with E-state index in [-0.39, 0.29) is 17.8 Å². The van der Waals surface area contributed by atoms with Crippen LogP contribution in [0.4, 0.5) is 0 Å². The van der Waals surface area contributed by atoms with E-state index in [1.54, 1.807) is 11.3 Å². The van der Waals surface area contributed by atoms with Crippen molar-refractivity contribution in [2.75, 3.05) is 11.5 Å². The van der Waals surface area contributed by atoms with Crippen LogP contribution in [0.2, 0.25) is 0 Å². The van der Waals surface area contributed by atoms with E-state index < -0.39 is 9.84 Å². The Morgan fingerprint density at radius 2 is 2.29 bits per heavy atom. The van der Waals surface area contributed by atoms with Crippen molar-refractivity contribution in [1.29, 1.82) is 0 Å². The summed E-state index contributed by atoms with van der Waals surface area (Å²) < 4.78 is 24.2. The van der Waals surface area contributed by atoms with E-state index in [2.05, 4.69) is 34.2 Å². The number of rotatable bonds is 3. The summed E-state index contributed by atoms with van der Waals surface area (Å²) in [7, 11) is -2.82. The first-order chi connectivity index (χ1) is 7.96. The third kappa shape index (κ3) is 3.77. The average Bonchev–Trinajstić information content (AvgIpc) is 2.63. The van der Waals surface area contributed by atoms with Crippen LogP contribution in [0.3, 0.4) is 0 Å². The fraction of sp³-hybridized carbons (Fsp3) is 0.636. The monoisotopic (exact) mass is 337 g/mol. The maximum Gasteiger partial charge on any atom is 0.151 e. The minimum absolute atomic E-state index is 0.102. The Hall–Kier alpha value is 0.0900. The molecule has 0 radical (unpaired) electrons. The molecule has 2 rings (SSSR count). The second-order valence-corrected chi connectivity index (χ2v) is 9.21. The SMILES string of the molecule is CC(NC1CCCS(=O)(=O)C1)c1ccc(Br)s1. The van der Waals surface area contributed by atoms with Crippen LogP contribution in [0.15, 0.2) is 15.9 Å². The number of nitrogens with one attached hydrogen (secondary N) is 1. The van der Waals surface area contributed by atoms with E-state index in [0.717, 1.165) is 16.6 Å². The minimum Gasteiger partial charge on any atom is -0.306 e. The summed E-state index contributed by atoms with van der Waals surface area (Å²) in [5.41, 5.74) is 0. The largest absolute Gasteiger partial charge is 0.306 e. The lowest BCUT2D eigenvalue weighted by atomic mass is 10.1. The van der Waals surface area contributed by atoms with Crippen molar-refractivity contribution in [3.8, 4) is 0 Å². The summed E-state index contributed by atoms with van der Waals surface area (Å²) in [4.78, 5) is 1.24. The summed E-state index contributed by atoms with van der Waals surface area (Å²) in [6, 6.07) is 4.41. The molecule has 0 aromatic carbocycles. The standard InChI is InChI=1S/C11H16BrNO2S2/c1-8(10-4-5-11(12)16-10)13-9-3-2-6-17(14,15)7-9/h4-5,8-9,13H,2-3,6-7H2,1H3. The summed E-state index contributed by atoms with van der Waals surface area (Å²) in [6.45, 7) is 2.08. The van der Waals surface area contributed by atoms with Crippen molar-refractivity contribution >= 4 is 37.1 Å². The highest BCUT2D eigenvalue weighted by atomic mass is 79.9. The van der Waals surface area contributed by atoms with E-state index in [1.807, 2.05) is 6.07 Å². The molecule has 0 spiro atoms. The van der Waals surface area contributed by atoms with E-state index in [4.69, 9.17) is 0 Å². The van der Waals surface area contributed by atoms with Crippen molar-refractivity contribution in [2.45, 2.75) is 31.8 Å². The number of sulfone groups is 1. The zero-order valence-corrected chi connectivity index (χ0v) is 12.9. The molecular formula is C11H16BrNO2S2. The fourth-order valence-corrected chi connectivity index (χ4v) is 5.24.